The van der Waals surface area contributed by atoms with Crippen LogP contribution in [0.5, 0.6) is 0 Å². The lowest BCUT2D eigenvalue weighted by atomic mass is 10.00. The van der Waals surface area contributed by atoms with Crippen LogP contribution in [-0.2, 0) is 9.59 Å². The van der Waals surface area contributed by atoms with E-state index >= 15 is 0 Å². The summed E-state index contributed by atoms with van der Waals surface area (Å²) in [5.41, 5.74) is 1.03. The van der Waals surface area contributed by atoms with Crippen molar-refractivity contribution in [3.63, 3.8) is 0 Å². The molecular weight excluding hydrogens is 415 g/mol. The first kappa shape index (κ1) is 21.6. The second-order valence-electron chi connectivity index (χ2n) is 8.10. The van der Waals surface area contributed by atoms with Gasteiger partial charge in [0.1, 0.15) is 11.5 Å². The van der Waals surface area contributed by atoms with Gasteiger partial charge in [-0.05, 0) is 74.9 Å². The van der Waals surface area contributed by atoms with E-state index in [1.807, 2.05) is 11.9 Å². The summed E-state index contributed by atoms with van der Waals surface area (Å²) in [4.78, 5) is 42.6. The molecule has 0 saturated carbocycles. The van der Waals surface area contributed by atoms with E-state index in [1.54, 1.807) is 7.05 Å². The molecule has 2 aromatic carbocycles. The lowest BCUT2D eigenvalue weighted by Gasteiger charge is -2.36. The average molecular weight is 438 g/mol. The molecule has 2 aliphatic heterocycles. The lowest BCUT2D eigenvalue weighted by molar-refractivity contribution is -0.384. The van der Waals surface area contributed by atoms with E-state index in [9.17, 15) is 24.1 Å². The van der Waals surface area contributed by atoms with Crippen molar-refractivity contribution >= 4 is 28.8 Å². The van der Waals surface area contributed by atoms with E-state index in [4.69, 9.17) is 0 Å². The van der Waals surface area contributed by atoms with Crippen LogP contribution in [0.2, 0.25) is 0 Å². The number of likely N-dealkylation sites (tertiary alicyclic amines) is 1. The first-order chi connectivity index (χ1) is 15.3. The summed E-state index contributed by atoms with van der Waals surface area (Å²) in [5, 5.41) is 11.0. The number of hydrogen-bond acceptors (Lipinski definition) is 6. The van der Waals surface area contributed by atoms with Crippen LogP contribution in [0.1, 0.15) is 18.4 Å². The molecule has 4 rings (SSSR count). The zero-order valence-electron chi connectivity index (χ0n) is 17.8. The normalized spacial score (nSPS) is 17.9. The zero-order chi connectivity index (χ0) is 23.0. The van der Waals surface area contributed by atoms with Crippen molar-refractivity contribution in [2.45, 2.75) is 18.9 Å². The number of rotatable bonds is 5. The summed E-state index contributed by atoms with van der Waals surface area (Å²) in [6.45, 7) is 1.75. The Morgan fingerprint density at radius 1 is 1.00 bits per heavy atom. The highest BCUT2D eigenvalue weighted by Crippen LogP contribution is 2.36. The minimum Gasteiger partial charge on any atom is -0.366 e. The molecule has 1 saturated heterocycles. The third kappa shape index (κ3) is 3.87. The number of benzene rings is 2. The minimum atomic E-state index is -0.537. The Hall–Kier alpha value is -3.59. The number of amides is 2. The maximum absolute atomic E-state index is 13.5. The number of nitrogens with zero attached hydrogens (tertiary/aromatic N) is 4. The molecule has 0 spiro atoms. The Kier molecular flexibility index (Phi) is 5.75. The van der Waals surface area contributed by atoms with Gasteiger partial charge >= 0.3 is 0 Å². The maximum atomic E-state index is 13.5. The van der Waals surface area contributed by atoms with Crippen molar-refractivity contribution in [2.75, 3.05) is 32.1 Å². The summed E-state index contributed by atoms with van der Waals surface area (Å²) in [5.74, 6) is -1.50. The molecule has 1 fully saturated rings. The highest BCUT2D eigenvalue weighted by molar-refractivity contribution is 6.45. The van der Waals surface area contributed by atoms with Gasteiger partial charge in [-0.3, -0.25) is 19.7 Å². The fraction of sp³-hybridized carbons (Fsp3) is 0.304. The fourth-order valence-corrected chi connectivity index (χ4v) is 4.24. The van der Waals surface area contributed by atoms with Gasteiger partial charge in [0, 0.05) is 25.2 Å². The topological polar surface area (TPSA) is 87.0 Å². The van der Waals surface area contributed by atoms with Crippen LogP contribution in [0.25, 0.3) is 5.57 Å². The van der Waals surface area contributed by atoms with E-state index in [2.05, 4.69) is 4.90 Å². The van der Waals surface area contributed by atoms with Crippen LogP contribution in [-0.4, -0.2) is 59.8 Å². The summed E-state index contributed by atoms with van der Waals surface area (Å²) in [7, 11) is 3.84. The smallest absolute Gasteiger partial charge is 0.282 e. The van der Waals surface area contributed by atoms with Crippen LogP contribution in [0, 0.1) is 15.9 Å². The monoisotopic (exact) mass is 438 g/mol. The lowest BCUT2D eigenvalue weighted by Crippen LogP contribution is -2.43. The Labute approximate surface area is 184 Å². The number of carbonyl (C=O) groups excluding carboxylic acids is 2. The Balaban J connectivity index is 1.78. The molecule has 2 amide bonds. The molecule has 8 nitrogen and oxygen atoms in total. The third-order valence-electron chi connectivity index (χ3n) is 6.10. The van der Waals surface area contributed by atoms with Gasteiger partial charge in [-0.2, -0.15) is 0 Å². The number of anilines is 1. The van der Waals surface area contributed by atoms with Crippen LogP contribution in [0.15, 0.2) is 54.2 Å². The molecule has 0 N–H and O–H groups in total. The van der Waals surface area contributed by atoms with Crippen LogP contribution in [0.4, 0.5) is 15.8 Å². The van der Waals surface area contributed by atoms with Gasteiger partial charge in [0.2, 0.25) is 0 Å². The molecule has 32 heavy (non-hydrogen) atoms. The van der Waals surface area contributed by atoms with E-state index in [0.29, 0.717) is 5.56 Å². The molecule has 0 aromatic heterocycles. The first-order valence-electron chi connectivity index (χ1n) is 10.3. The molecule has 0 aliphatic carbocycles. The Morgan fingerprint density at radius 3 is 2.16 bits per heavy atom. The number of carbonyl (C=O) groups is 2. The summed E-state index contributed by atoms with van der Waals surface area (Å²) >= 11 is 0. The van der Waals surface area contributed by atoms with Crippen molar-refractivity contribution in [2.24, 2.45) is 0 Å². The highest BCUT2D eigenvalue weighted by atomic mass is 19.1. The fourth-order valence-electron chi connectivity index (χ4n) is 4.24. The molecule has 0 atom stereocenters. The molecule has 2 aromatic rings. The van der Waals surface area contributed by atoms with Crippen LogP contribution < -0.4 is 4.90 Å². The SMILES string of the molecule is CN1CCC(N(C)C2=C(c3ccc([N+](=O)[O-])cc3)C(=O)N(c3ccc(F)cc3)C2=O)CC1. The number of nitro benzene ring substituents is 1. The molecule has 2 heterocycles. The first-order valence-corrected chi connectivity index (χ1v) is 10.3. The molecule has 0 bridgehead atoms. The number of nitro groups is 1. The van der Waals surface area contributed by atoms with Gasteiger partial charge in [-0.1, -0.05) is 0 Å². The standard InChI is InChI=1S/C23H23FN4O4/c1-25-13-11-17(12-14-25)26(2)21-20(15-3-7-19(8-4-15)28(31)32)22(29)27(23(21)30)18-9-5-16(24)6-10-18/h3-10,17H,11-14H2,1-2H3. The van der Waals surface area contributed by atoms with Crippen LogP contribution >= 0.6 is 0 Å². The molecule has 166 valence electrons. The van der Waals surface area contributed by atoms with Gasteiger partial charge in [0.05, 0.1) is 16.2 Å². The number of hydrogen-bond donors (Lipinski definition) is 0. The summed E-state index contributed by atoms with van der Waals surface area (Å²) < 4.78 is 13.4. The van der Waals surface area contributed by atoms with Gasteiger partial charge in [0.25, 0.3) is 17.5 Å². The maximum Gasteiger partial charge on any atom is 0.282 e. The molecular formula is C23H23FN4O4. The zero-order valence-corrected chi connectivity index (χ0v) is 17.8. The second kappa shape index (κ2) is 8.51. The predicted molar refractivity (Wildman–Crippen MR) is 117 cm³/mol. The largest absolute Gasteiger partial charge is 0.366 e. The van der Waals surface area contributed by atoms with Crippen molar-refractivity contribution in [1.29, 1.82) is 0 Å². The number of halogens is 1. The van der Waals surface area contributed by atoms with E-state index in [1.165, 1.54) is 48.5 Å². The summed E-state index contributed by atoms with van der Waals surface area (Å²) in [6.07, 6.45) is 1.67. The molecule has 9 heteroatoms. The Morgan fingerprint density at radius 2 is 1.59 bits per heavy atom. The number of piperidine rings is 1. The van der Waals surface area contributed by atoms with Gasteiger partial charge in [0.15, 0.2) is 0 Å². The van der Waals surface area contributed by atoms with Crippen molar-refractivity contribution in [1.82, 2.24) is 9.80 Å². The molecule has 0 radical (unpaired) electrons. The number of non-ortho nitro benzene ring substituents is 1. The van der Waals surface area contributed by atoms with Crippen LogP contribution in [0.3, 0.4) is 0 Å². The van der Waals surface area contributed by atoms with Crippen molar-refractivity contribution in [3.8, 4) is 0 Å². The van der Waals surface area contributed by atoms with Gasteiger partial charge < -0.3 is 9.80 Å². The third-order valence-corrected chi connectivity index (χ3v) is 6.10. The van der Waals surface area contributed by atoms with E-state index in [-0.39, 0.29) is 28.7 Å². The molecule has 0 unspecified atom stereocenters. The minimum absolute atomic E-state index is 0.0687. The van der Waals surface area contributed by atoms with Crippen molar-refractivity contribution < 1.29 is 18.9 Å². The number of likely N-dealkylation sites (N-methyl/N-ethyl adjacent to an activating group) is 1. The predicted octanol–water partition coefficient (Wildman–Crippen LogP) is 3.04. The van der Waals surface area contributed by atoms with Gasteiger partial charge in [-0.15, -0.1) is 0 Å². The average Bonchev–Trinajstić information content (AvgIpc) is 3.04. The quantitative estimate of drug-likeness (QED) is 0.405. The van der Waals surface area contributed by atoms with Gasteiger partial charge in [-0.25, -0.2) is 9.29 Å². The molecule has 2 aliphatic rings. The van der Waals surface area contributed by atoms with E-state index in [0.717, 1.165) is 30.8 Å². The van der Waals surface area contributed by atoms with Crippen molar-refractivity contribution in [3.05, 3.63) is 75.7 Å². The highest BCUT2D eigenvalue weighted by Gasteiger charge is 2.43. The second-order valence-corrected chi connectivity index (χ2v) is 8.10. The van der Waals surface area contributed by atoms with E-state index < -0.39 is 22.6 Å². The summed E-state index contributed by atoms with van der Waals surface area (Å²) in [6, 6.07) is 10.8. The Bertz CT molecular complexity index is 1090. The number of imide groups is 1.